The van der Waals surface area contributed by atoms with Crippen molar-refractivity contribution in [1.29, 1.82) is 0 Å². The molecule has 0 N–H and O–H groups in total. The first-order valence-corrected chi connectivity index (χ1v) is 4.67. The highest BCUT2D eigenvalue weighted by Crippen LogP contribution is 2.36. The smallest absolute Gasteiger partial charge is 0.275 e. The van der Waals surface area contributed by atoms with Crippen LogP contribution >= 0.6 is 0 Å². The molecule has 0 atom stereocenters. The number of hydrogen-bond acceptors (Lipinski definition) is 1. The molecule has 0 aliphatic carbocycles. The van der Waals surface area contributed by atoms with Gasteiger partial charge in [-0.05, 0) is 18.2 Å². The quantitative estimate of drug-likeness (QED) is 0.704. The van der Waals surface area contributed by atoms with Gasteiger partial charge < -0.3 is 0 Å². The lowest BCUT2D eigenvalue weighted by molar-refractivity contribution is -0.137. The van der Waals surface area contributed by atoms with Crippen LogP contribution in [-0.2, 0) is 13.2 Å². The average Bonchev–Trinajstić information content (AvgIpc) is 2.63. The lowest BCUT2D eigenvalue weighted by Crippen LogP contribution is -2.08. The van der Waals surface area contributed by atoms with Crippen molar-refractivity contribution in [3.05, 3.63) is 41.8 Å². The van der Waals surface area contributed by atoms with Crippen LogP contribution in [0.15, 0.2) is 24.4 Å². The molecular formula is C11H7F4N2. The van der Waals surface area contributed by atoms with E-state index in [9.17, 15) is 17.6 Å². The number of nitrogens with zero attached hydrogens (tertiary/aromatic N) is 2. The summed E-state index contributed by atoms with van der Waals surface area (Å²) in [6.07, 6.45) is -3.15. The summed E-state index contributed by atoms with van der Waals surface area (Å²) in [5.41, 5.74) is -1.19. The highest BCUT2D eigenvalue weighted by Gasteiger charge is 2.35. The molecule has 2 aromatic rings. The zero-order valence-electron chi connectivity index (χ0n) is 8.72. The molecule has 1 aromatic carbocycles. The van der Waals surface area contributed by atoms with Crippen molar-refractivity contribution in [2.24, 2.45) is 7.05 Å². The Bertz CT molecular complexity index is 543. The lowest BCUT2D eigenvalue weighted by atomic mass is 10.0. The van der Waals surface area contributed by atoms with Gasteiger partial charge in [-0.25, -0.2) is 4.39 Å². The number of alkyl halides is 3. The van der Waals surface area contributed by atoms with Crippen LogP contribution in [0, 0.1) is 11.9 Å². The molecule has 2 rings (SSSR count). The van der Waals surface area contributed by atoms with Gasteiger partial charge in [0.1, 0.15) is 5.82 Å². The first-order chi connectivity index (χ1) is 7.88. The molecule has 1 aromatic heterocycles. The Hall–Kier alpha value is -1.85. The fourth-order valence-electron chi connectivity index (χ4n) is 1.46. The fourth-order valence-corrected chi connectivity index (χ4v) is 1.46. The summed E-state index contributed by atoms with van der Waals surface area (Å²) in [5.74, 6) is -1.04. The van der Waals surface area contributed by atoms with E-state index < -0.39 is 17.6 Å². The monoisotopic (exact) mass is 243 g/mol. The van der Waals surface area contributed by atoms with Crippen LogP contribution in [0.25, 0.3) is 11.3 Å². The minimum Gasteiger partial charge on any atom is -0.275 e. The predicted molar refractivity (Wildman–Crippen MR) is 52.4 cm³/mol. The van der Waals surface area contributed by atoms with E-state index in [-0.39, 0.29) is 11.3 Å². The zero-order valence-corrected chi connectivity index (χ0v) is 8.72. The number of aryl methyl sites for hydroxylation is 1. The van der Waals surface area contributed by atoms with E-state index in [4.69, 9.17) is 0 Å². The third-order valence-corrected chi connectivity index (χ3v) is 2.18. The second-order valence-corrected chi connectivity index (χ2v) is 3.47. The Morgan fingerprint density at radius 1 is 1.24 bits per heavy atom. The first-order valence-electron chi connectivity index (χ1n) is 4.67. The molecule has 89 valence electrons. The Morgan fingerprint density at radius 2 is 1.94 bits per heavy atom. The largest absolute Gasteiger partial charge is 0.417 e. The summed E-state index contributed by atoms with van der Waals surface area (Å²) in [5, 5.41) is 3.86. The van der Waals surface area contributed by atoms with Gasteiger partial charge in [0.05, 0.1) is 11.3 Å². The van der Waals surface area contributed by atoms with Crippen molar-refractivity contribution in [1.82, 2.24) is 9.78 Å². The molecule has 1 heterocycles. The second kappa shape index (κ2) is 3.87. The molecule has 6 heteroatoms. The van der Waals surface area contributed by atoms with Crippen molar-refractivity contribution in [3.63, 3.8) is 0 Å². The van der Waals surface area contributed by atoms with Crippen molar-refractivity contribution < 1.29 is 17.6 Å². The molecular weight excluding hydrogens is 236 g/mol. The molecule has 17 heavy (non-hydrogen) atoms. The summed E-state index contributed by atoms with van der Waals surface area (Å²) in [6.45, 7) is 0. The zero-order chi connectivity index (χ0) is 12.6. The van der Waals surface area contributed by atoms with Gasteiger partial charge >= 0.3 is 6.18 Å². The van der Waals surface area contributed by atoms with Gasteiger partial charge in [-0.3, -0.25) is 4.68 Å². The van der Waals surface area contributed by atoms with Gasteiger partial charge in [0.25, 0.3) is 0 Å². The molecule has 0 saturated heterocycles. The number of hydrogen-bond donors (Lipinski definition) is 0. The SMILES string of the molecule is Cn1ccc(-c2ccc(F)[c]c2C(F)(F)F)n1. The summed E-state index contributed by atoms with van der Waals surface area (Å²) >= 11 is 0. The maximum atomic E-state index is 12.8. The number of benzene rings is 1. The predicted octanol–water partition coefficient (Wildman–Crippen LogP) is 3.05. The minimum absolute atomic E-state index is 0.135. The van der Waals surface area contributed by atoms with E-state index in [0.717, 1.165) is 12.1 Å². The van der Waals surface area contributed by atoms with Crippen LogP contribution in [-0.4, -0.2) is 9.78 Å². The molecule has 1 radical (unpaired) electrons. The van der Waals surface area contributed by atoms with Crippen LogP contribution in [0.4, 0.5) is 17.6 Å². The van der Waals surface area contributed by atoms with Crippen LogP contribution < -0.4 is 0 Å². The van der Waals surface area contributed by atoms with Crippen molar-refractivity contribution in [2.45, 2.75) is 6.18 Å². The average molecular weight is 243 g/mol. The van der Waals surface area contributed by atoms with Gasteiger partial charge in [-0.2, -0.15) is 18.3 Å². The molecule has 0 unspecified atom stereocenters. The van der Waals surface area contributed by atoms with E-state index in [1.54, 1.807) is 13.1 Å². The van der Waals surface area contributed by atoms with E-state index in [1.807, 2.05) is 0 Å². The van der Waals surface area contributed by atoms with Crippen LogP contribution in [0.3, 0.4) is 0 Å². The van der Waals surface area contributed by atoms with Gasteiger partial charge in [0.15, 0.2) is 0 Å². The normalized spacial score (nSPS) is 11.8. The van der Waals surface area contributed by atoms with Gasteiger partial charge in [0.2, 0.25) is 0 Å². The number of aromatic nitrogens is 2. The van der Waals surface area contributed by atoms with E-state index in [1.165, 1.54) is 16.9 Å². The van der Waals surface area contributed by atoms with Crippen LogP contribution in [0.5, 0.6) is 0 Å². The Balaban J connectivity index is 2.61. The second-order valence-electron chi connectivity index (χ2n) is 3.47. The third-order valence-electron chi connectivity index (χ3n) is 2.18. The van der Waals surface area contributed by atoms with E-state index in [2.05, 4.69) is 5.10 Å². The van der Waals surface area contributed by atoms with Gasteiger partial charge in [-0.15, -0.1) is 0 Å². The molecule has 0 fully saturated rings. The van der Waals surface area contributed by atoms with Crippen LogP contribution in [0.1, 0.15) is 5.56 Å². The molecule has 0 saturated carbocycles. The fraction of sp³-hybridized carbons (Fsp3) is 0.182. The summed E-state index contributed by atoms with van der Waals surface area (Å²) in [6, 6.07) is 5.09. The van der Waals surface area contributed by atoms with Crippen molar-refractivity contribution in [3.8, 4) is 11.3 Å². The topological polar surface area (TPSA) is 17.8 Å². The maximum absolute atomic E-state index is 12.8. The highest BCUT2D eigenvalue weighted by molar-refractivity contribution is 5.63. The van der Waals surface area contributed by atoms with Crippen LogP contribution in [0.2, 0.25) is 0 Å². The summed E-state index contributed by atoms with van der Waals surface area (Å²) < 4.78 is 52.3. The molecule has 0 spiro atoms. The lowest BCUT2D eigenvalue weighted by Gasteiger charge is -2.10. The van der Waals surface area contributed by atoms with Gasteiger partial charge in [-0.1, -0.05) is 0 Å². The van der Waals surface area contributed by atoms with E-state index >= 15 is 0 Å². The highest BCUT2D eigenvalue weighted by atomic mass is 19.4. The summed E-state index contributed by atoms with van der Waals surface area (Å²) in [4.78, 5) is 0. The Morgan fingerprint density at radius 3 is 2.47 bits per heavy atom. The number of rotatable bonds is 1. The maximum Gasteiger partial charge on any atom is 0.417 e. The van der Waals surface area contributed by atoms with E-state index in [0.29, 0.717) is 0 Å². The van der Waals surface area contributed by atoms with Gasteiger partial charge in [0, 0.05) is 24.9 Å². The molecule has 2 nitrogen and oxygen atoms in total. The third kappa shape index (κ3) is 2.30. The number of halogens is 4. The minimum atomic E-state index is -4.66. The van der Waals surface area contributed by atoms with Crippen molar-refractivity contribution >= 4 is 0 Å². The Kier molecular flexibility index (Phi) is 2.65. The summed E-state index contributed by atoms with van der Waals surface area (Å²) in [7, 11) is 1.59. The Labute approximate surface area is 94.5 Å². The molecule has 0 aliphatic rings. The molecule has 0 aliphatic heterocycles. The molecule has 0 amide bonds. The first kappa shape index (κ1) is 11.6. The van der Waals surface area contributed by atoms with Crippen molar-refractivity contribution in [2.75, 3.05) is 0 Å². The standard InChI is InChI=1S/C11H7F4N2/c1-17-5-4-10(16-17)8-3-2-7(12)6-9(8)11(13,14)15/h2-5H,1H3. The molecule has 0 bridgehead atoms.